The van der Waals surface area contributed by atoms with Crippen LogP contribution in [-0.2, 0) is 16.2 Å². The van der Waals surface area contributed by atoms with Gasteiger partial charge in [-0.1, -0.05) is 65.7 Å². The predicted molar refractivity (Wildman–Crippen MR) is 177 cm³/mol. The Bertz CT molecular complexity index is 1750. The van der Waals surface area contributed by atoms with E-state index in [1.54, 1.807) is 80.6 Å². The van der Waals surface area contributed by atoms with E-state index in [9.17, 15) is 14.4 Å². The zero-order chi connectivity index (χ0) is 31.5. The number of hydrogen-bond acceptors (Lipinski definition) is 5. The van der Waals surface area contributed by atoms with E-state index in [-0.39, 0.29) is 12.2 Å². The van der Waals surface area contributed by atoms with Crippen LogP contribution in [0.4, 0.5) is 16.2 Å². The lowest BCUT2D eigenvalue weighted by Gasteiger charge is -2.35. The number of anilines is 2. The monoisotopic (exact) mass is 692 g/mol. The molecule has 1 aliphatic rings. The normalized spacial score (nSPS) is 13.4. The number of para-hydroxylation sites is 2. The highest BCUT2D eigenvalue weighted by Crippen LogP contribution is 2.39. The van der Waals surface area contributed by atoms with Crippen LogP contribution in [0.2, 0.25) is 10.0 Å². The number of hydrogen-bond donors (Lipinski definition) is 0. The van der Waals surface area contributed by atoms with Crippen LogP contribution < -0.4 is 19.3 Å². The quantitative estimate of drug-likeness (QED) is 0.136. The molecule has 4 aromatic carbocycles. The lowest BCUT2D eigenvalue weighted by atomic mass is 10.0. The van der Waals surface area contributed by atoms with E-state index in [0.717, 1.165) is 15.4 Å². The number of imide groups is 2. The minimum absolute atomic E-state index is 0.144. The Balaban J connectivity index is 1.58. The Morgan fingerprint density at radius 2 is 1.39 bits per heavy atom. The van der Waals surface area contributed by atoms with E-state index in [4.69, 9.17) is 32.7 Å². The molecule has 4 amide bonds. The summed E-state index contributed by atoms with van der Waals surface area (Å²) < 4.78 is 12.5. The van der Waals surface area contributed by atoms with Gasteiger partial charge >= 0.3 is 6.03 Å². The van der Waals surface area contributed by atoms with E-state index in [1.807, 2.05) is 19.1 Å². The first-order chi connectivity index (χ1) is 21.1. The fourth-order valence-electron chi connectivity index (χ4n) is 4.81. The Hall–Kier alpha value is -4.11. The lowest BCUT2D eigenvalue weighted by molar-refractivity contribution is -0.121. The minimum Gasteiger partial charge on any atom is -0.490 e. The SMILES string of the molecule is CCOc1cc(C=C2C(=O)N(c3ccccc3C)C(=O)N(c3ccccc3C)C2=O)cc(Br)c1OCc1ccc(Cl)cc1Cl. The van der Waals surface area contributed by atoms with Crippen molar-refractivity contribution in [3.8, 4) is 11.5 Å². The first-order valence-electron chi connectivity index (χ1n) is 13.7. The molecule has 0 N–H and O–H groups in total. The second kappa shape index (κ2) is 13.3. The Labute approximate surface area is 273 Å². The third kappa shape index (κ3) is 6.24. The molecule has 0 saturated carbocycles. The number of aryl methyl sites for hydroxylation is 2. The number of urea groups is 1. The Morgan fingerprint density at radius 1 is 0.795 bits per heavy atom. The molecule has 1 aliphatic heterocycles. The molecule has 1 fully saturated rings. The number of ether oxygens (including phenoxy) is 2. The third-order valence-electron chi connectivity index (χ3n) is 6.99. The van der Waals surface area contributed by atoms with Crippen LogP contribution in [0.25, 0.3) is 6.08 Å². The second-order valence-corrected chi connectivity index (χ2v) is 11.7. The van der Waals surface area contributed by atoms with Crippen LogP contribution >= 0.6 is 39.1 Å². The van der Waals surface area contributed by atoms with E-state index in [1.165, 1.54) is 6.08 Å². The summed E-state index contributed by atoms with van der Waals surface area (Å²) >= 11 is 15.9. The van der Waals surface area contributed by atoms with Gasteiger partial charge < -0.3 is 9.47 Å². The maximum Gasteiger partial charge on any atom is 0.343 e. The summed E-state index contributed by atoms with van der Waals surface area (Å²) in [6.45, 7) is 5.91. The maximum atomic E-state index is 13.9. The molecule has 10 heteroatoms. The number of benzene rings is 4. The van der Waals surface area contributed by atoms with Gasteiger partial charge in [0.1, 0.15) is 12.2 Å². The molecule has 0 bridgehead atoms. The third-order valence-corrected chi connectivity index (χ3v) is 8.17. The number of rotatable bonds is 8. The number of carbonyl (C=O) groups excluding carboxylic acids is 3. The van der Waals surface area contributed by atoms with Crippen molar-refractivity contribution in [1.82, 2.24) is 0 Å². The Morgan fingerprint density at radius 3 is 1.93 bits per heavy atom. The van der Waals surface area contributed by atoms with Crippen molar-refractivity contribution in [1.29, 1.82) is 0 Å². The highest BCUT2D eigenvalue weighted by molar-refractivity contribution is 9.10. The van der Waals surface area contributed by atoms with E-state index >= 15 is 0 Å². The molecule has 4 aromatic rings. The molecule has 0 aromatic heterocycles. The minimum atomic E-state index is -0.749. The summed E-state index contributed by atoms with van der Waals surface area (Å²) in [6.07, 6.45) is 1.46. The Kier molecular flexibility index (Phi) is 9.44. The van der Waals surface area contributed by atoms with Crippen LogP contribution in [0.1, 0.15) is 29.2 Å². The largest absolute Gasteiger partial charge is 0.490 e. The van der Waals surface area contributed by atoms with Gasteiger partial charge in [-0.25, -0.2) is 14.6 Å². The molecule has 5 rings (SSSR count). The predicted octanol–water partition coefficient (Wildman–Crippen LogP) is 8.93. The number of amides is 4. The molecule has 1 heterocycles. The molecule has 44 heavy (non-hydrogen) atoms. The van der Waals surface area contributed by atoms with Crippen molar-refractivity contribution in [2.45, 2.75) is 27.4 Å². The first kappa shape index (κ1) is 31.3. The van der Waals surface area contributed by atoms with Crippen LogP contribution in [0.15, 0.2) is 88.9 Å². The molecule has 0 aliphatic carbocycles. The van der Waals surface area contributed by atoms with Gasteiger partial charge in [0, 0.05) is 15.6 Å². The molecule has 1 saturated heterocycles. The smallest absolute Gasteiger partial charge is 0.343 e. The van der Waals surface area contributed by atoms with Crippen molar-refractivity contribution in [3.05, 3.63) is 121 Å². The highest BCUT2D eigenvalue weighted by Gasteiger charge is 2.44. The van der Waals surface area contributed by atoms with Gasteiger partial charge in [-0.05, 0) is 95.9 Å². The highest BCUT2D eigenvalue weighted by atomic mass is 79.9. The summed E-state index contributed by atoms with van der Waals surface area (Å²) in [5, 5.41) is 0.982. The molecule has 224 valence electrons. The molecular formula is C34H27BrCl2N2O5. The molecule has 0 spiro atoms. The number of nitrogens with zero attached hydrogens (tertiary/aromatic N) is 2. The van der Waals surface area contributed by atoms with Crippen molar-refractivity contribution in [2.24, 2.45) is 0 Å². The van der Waals surface area contributed by atoms with Crippen LogP contribution in [0.5, 0.6) is 11.5 Å². The molecule has 0 unspecified atom stereocenters. The first-order valence-corrected chi connectivity index (χ1v) is 15.2. The van der Waals surface area contributed by atoms with Crippen molar-refractivity contribution in [2.75, 3.05) is 16.4 Å². The number of barbiturate groups is 1. The van der Waals surface area contributed by atoms with Gasteiger partial charge in [-0.2, -0.15) is 0 Å². The number of halogens is 3. The van der Waals surface area contributed by atoms with Gasteiger partial charge in [-0.3, -0.25) is 9.59 Å². The zero-order valence-corrected chi connectivity index (χ0v) is 27.2. The van der Waals surface area contributed by atoms with E-state index < -0.39 is 17.8 Å². The zero-order valence-electron chi connectivity index (χ0n) is 24.1. The van der Waals surface area contributed by atoms with Gasteiger partial charge in [0.15, 0.2) is 11.5 Å². The van der Waals surface area contributed by atoms with E-state index in [0.29, 0.717) is 60.7 Å². The molecule has 0 radical (unpaired) electrons. The topological polar surface area (TPSA) is 76.2 Å². The summed E-state index contributed by atoms with van der Waals surface area (Å²) in [4.78, 5) is 43.8. The van der Waals surface area contributed by atoms with Crippen molar-refractivity contribution in [3.63, 3.8) is 0 Å². The fourth-order valence-corrected chi connectivity index (χ4v) is 5.85. The van der Waals surface area contributed by atoms with Crippen LogP contribution in [0.3, 0.4) is 0 Å². The fraction of sp³-hybridized carbons (Fsp3) is 0.147. The summed E-state index contributed by atoms with van der Waals surface area (Å²) in [5.74, 6) is -0.659. The van der Waals surface area contributed by atoms with Crippen molar-refractivity contribution < 1.29 is 23.9 Å². The lowest BCUT2D eigenvalue weighted by Crippen LogP contribution is -2.57. The van der Waals surface area contributed by atoms with Gasteiger partial charge in [-0.15, -0.1) is 0 Å². The van der Waals surface area contributed by atoms with Crippen LogP contribution in [-0.4, -0.2) is 24.5 Å². The van der Waals surface area contributed by atoms with E-state index in [2.05, 4.69) is 15.9 Å². The summed E-state index contributed by atoms with van der Waals surface area (Å²) in [6, 6.07) is 21.8. The van der Waals surface area contributed by atoms with Gasteiger partial charge in [0.2, 0.25) is 0 Å². The molecule has 0 atom stereocenters. The van der Waals surface area contributed by atoms with Gasteiger partial charge in [0.05, 0.1) is 22.5 Å². The summed E-state index contributed by atoms with van der Waals surface area (Å²) in [5.41, 5.74) is 3.21. The van der Waals surface area contributed by atoms with Gasteiger partial charge in [0.25, 0.3) is 11.8 Å². The average Bonchev–Trinajstić information content (AvgIpc) is 2.98. The average molecular weight is 694 g/mol. The van der Waals surface area contributed by atoms with Crippen LogP contribution in [0, 0.1) is 13.8 Å². The molecule has 7 nitrogen and oxygen atoms in total. The summed E-state index contributed by atoms with van der Waals surface area (Å²) in [7, 11) is 0. The second-order valence-electron chi connectivity index (χ2n) is 9.98. The maximum absolute atomic E-state index is 13.9. The number of carbonyl (C=O) groups is 3. The standard InChI is InChI=1S/C34H27BrCl2N2O5/c1-4-43-30-17-22(16-26(35)31(30)44-19-23-13-14-24(36)18-27(23)37)15-25-32(40)38(28-11-7-5-9-20(28)2)34(42)39(33(25)41)29-12-8-6-10-21(29)3/h5-18H,4,19H2,1-3H3. The van der Waals surface area contributed by atoms with Crippen molar-refractivity contribution >= 4 is 74.4 Å². The molecular weight excluding hydrogens is 667 g/mol.